The van der Waals surface area contributed by atoms with E-state index in [0.717, 1.165) is 17.6 Å². The Morgan fingerprint density at radius 1 is 0.900 bits per heavy atom. The smallest absolute Gasteiger partial charge is 0.0175 e. The molecule has 1 heterocycles. The highest BCUT2D eigenvalue weighted by Gasteiger charge is 2.27. The monoisotopic (exact) mass is 329 g/mol. The van der Waals surface area contributed by atoms with Crippen molar-refractivity contribution < 1.29 is 0 Å². The minimum atomic E-state index is 0.575. The molecule has 104 valence electrons. The number of halogens is 1. The quantitative estimate of drug-likeness (QED) is 0.847. The van der Waals surface area contributed by atoms with Gasteiger partial charge in [-0.3, -0.25) is 0 Å². The minimum absolute atomic E-state index is 0.575. The highest BCUT2D eigenvalue weighted by atomic mass is 79.9. The first kappa shape index (κ1) is 13.8. The van der Waals surface area contributed by atoms with Crippen LogP contribution < -0.4 is 5.32 Å². The van der Waals surface area contributed by atoms with Gasteiger partial charge in [-0.25, -0.2) is 0 Å². The fraction of sp³-hybridized carbons (Fsp3) is 0.333. The van der Waals surface area contributed by atoms with Crippen LogP contribution in [-0.4, -0.2) is 13.1 Å². The van der Waals surface area contributed by atoms with Crippen molar-refractivity contribution >= 4 is 15.9 Å². The molecule has 3 rings (SSSR count). The maximum Gasteiger partial charge on any atom is 0.0175 e. The van der Waals surface area contributed by atoms with Gasteiger partial charge in [0.2, 0.25) is 0 Å². The molecule has 2 unspecified atom stereocenters. The summed E-state index contributed by atoms with van der Waals surface area (Å²) in [5.41, 5.74) is 4.24. The SMILES string of the molecule is Cc1ccc(C2CNCCC2c2ccc(Br)cc2)cc1. The third kappa shape index (κ3) is 2.97. The van der Waals surface area contributed by atoms with Gasteiger partial charge in [-0.1, -0.05) is 57.9 Å². The maximum atomic E-state index is 3.55. The molecule has 1 nitrogen and oxygen atoms in total. The summed E-state index contributed by atoms with van der Waals surface area (Å²) in [5.74, 6) is 1.19. The first-order chi connectivity index (χ1) is 9.74. The van der Waals surface area contributed by atoms with Crippen LogP contribution in [0.25, 0.3) is 0 Å². The van der Waals surface area contributed by atoms with Gasteiger partial charge in [0.1, 0.15) is 0 Å². The van der Waals surface area contributed by atoms with Gasteiger partial charge < -0.3 is 5.32 Å². The van der Waals surface area contributed by atoms with Crippen LogP contribution in [0.2, 0.25) is 0 Å². The molecule has 0 aromatic heterocycles. The Morgan fingerprint density at radius 2 is 1.50 bits per heavy atom. The third-order valence-electron chi connectivity index (χ3n) is 4.29. The molecule has 20 heavy (non-hydrogen) atoms. The predicted octanol–water partition coefficient (Wildman–Crippen LogP) is 4.62. The van der Waals surface area contributed by atoms with Crippen molar-refractivity contribution in [1.82, 2.24) is 5.32 Å². The van der Waals surface area contributed by atoms with Gasteiger partial charge in [0.25, 0.3) is 0 Å². The number of hydrogen-bond acceptors (Lipinski definition) is 1. The molecule has 1 aliphatic heterocycles. The van der Waals surface area contributed by atoms with Crippen LogP contribution in [0.5, 0.6) is 0 Å². The Kier molecular flexibility index (Phi) is 4.23. The number of aryl methyl sites for hydroxylation is 1. The molecule has 1 aliphatic rings. The maximum absolute atomic E-state index is 3.55. The Balaban J connectivity index is 1.90. The Labute approximate surface area is 129 Å². The summed E-state index contributed by atoms with van der Waals surface area (Å²) in [6, 6.07) is 17.9. The predicted molar refractivity (Wildman–Crippen MR) is 88.3 cm³/mol. The topological polar surface area (TPSA) is 12.0 Å². The first-order valence-corrected chi connectivity index (χ1v) is 8.06. The zero-order chi connectivity index (χ0) is 13.9. The molecule has 2 heteroatoms. The van der Waals surface area contributed by atoms with E-state index in [0.29, 0.717) is 11.8 Å². The average molecular weight is 330 g/mol. The molecular formula is C18H20BrN. The molecule has 1 fully saturated rings. The molecular weight excluding hydrogens is 310 g/mol. The number of piperidine rings is 1. The second kappa shape index (κ2) is 6.11. The molecule has 2 atom stereocenters. The van der Waals surface area contributed by atoms with E-state index in [9.17, 15) is 0 Å². The lowest BCUT2D eigenvalue weighted by atomic mass is 9.77. The minimum Gasteiger partial charge on any atom is -0.316 e. The Morgan fingerprint density at radius 3 is 2.20 bits per heavy atom. The highest BCUT2D eigenvalue weighted by molar-refractivity contribution is 9.10. The summed E-state index contributed by atoms with van der Waals surface area (Å²) < 4.78 is 1.15. The van der Waals surface area contributed by atoms with Crippen molar-refractivity contribution in [3.8, 4) is 0 Å². The van der Waals surface area contributed by atoms with Crippen molar-refractivity contribution in [2.45, 2.75) is 25.2 Å². The zero-order valence-corrected chi connectivity index (χ0v) is 13.4. The van der Waals surface area contributed by atoms with E-state index in [2.05, 4.69) is 76.7 Å². The standard InChI is InChI=1S/C18H20BrN/c1-13-2-4-15(5-3-13)18-12-20-11-10-17(18)14-6-8-16(19)9-7-14/h2-9,17-18,20H,10-12H2,1H3. The van der Waals surface area contributed by atoms with Gasteiger partial charge in [0, 0.05) is 16.9 Å². The summed E-state index contributed by atoms with van der Waals surface area (Å²) in [5, 5.41) is 3.55. The van der Waals surface area contributed by atoms with Gasteiger partial charge in [0.15, 0.2) is 0 Å². The Hall–Kier alpha value is -1.12. The highest BCUT2D eigenvalue weighted by Crippen LogP contribution is 2.37. The zero-order valence-electron chi connectivity index (χ0n) is 11.8. The average Bonchev–Trinajstić information content (AvgIpc) is 2.49. The molecule has 1 N–H and O–H groups in total. The van der Waals surface area contributed by atoms with Crippen LogP contribution in [0, 0.1) is 6.92 Å². The molecule has 0 amide bonds. The van der Waals surface area contributed by atoms with Crippen molar-refractivity contribution in [2.75, 3.05) is 13.1 Å². The summed E-state index contributed by atoms with van der Waals surface area (Å²) in [4.78, 5) is 0. The number of rotatable bonds is 2. The van der Waals surface area contributed by atoms with Crippen LogP contribution in [0.3, 0.4) is 0 Å². The van der Waals surface area contributed by atoms with Crippen LogP contribution in [0.4, 0.5) is 0 Å². The van der Waals surface area contributed by atoms with Crippen molar-refractivity contribution in [3.63, 3.8) is 0 Å². The summed E-state index contributed by atoms with van der Waals surface area (Å²) in [7, 11) is 0. The van der Waals surface area contributed by atoms with Crippen molar-refractivity contribution in [2.24, 2.45) is 0 Å². The second-order valence-electron chi connectivity index (χ2n) is 5.67. The largest absolute Gasteiger partial charge is 0.316 e. The van der Waals surface area contributed by atoms with Crippen LogP contribution in [-0.2, 0) is 0 Å². The van der Waals surface area contributed by atoms with Gasteiger partial charge in [-0.05, 0) is 49.1 Å². The van der Waals surface area contributed by atoms with E-state index >= 15 is 0 Å². The summed E-state index contributed by atoms with van der Waals surface area (Å²) >= 11 is 3.53. The fourth-order valence-corrected chi connectivity index (χ4v) is 3.40. The van der Waals surface area contributed by atoms with Gasteiger partial charge in [0.05, 0.1) is 0 Å². The van der Waals surface area contributed by atoms with Crippen LogP contribution >= 0.6 is 15.9 Å². The molecule has 0 saturated carbocycles. The molecule has 2 aromatic rings. The van der Waals surface area contributed by atoms with E-state index < -0.39 is 0 Å². The van der Waals surface area contributed by atoms with Gasteiger partial charge in [-0.15, -0.1) is 0 Å². The first-order valence-electron chi connectivity index (χ1n) is 7.27. The number of nitrogens with one attached hydrogen (secondary N) is 1. The Bertz CT molecular complexity index is 505. The molecule has 2 aromatic carbocycles. The fourth-order valence-electron chi connectivity index (χ4n) is 3.13. The third-order valence-corrected chi connectivity index (χ3v) is 4.81. The molecule has 0 spiro atoms. The van der Waals surface area contributed by atoms with E-state index in [1.54, 1.807) is 0 Å². The van der Waals surface area contributed by atoms with E-state index in [4.69, 9.17) is 0 Å². The lowest BCUT2D eigenvalue weighted by Crippen LogP contribution is -2.34. The second-order valence-corrected chi connectivity index (χ2v) is 6.58. The van der Waals surface area contributed by atoms with Gasteiger partial charge >= 0.3 is 0 Å². The lowest BCUT2D eigenvalue weighted by Gasteiger charge is -2.33. The van der Waals surface area contributed by atoms with E-state index in [1.165, 1.54) is 23.1 Å². The van der Waals surface area contributed by atoms with Crippen molar-refractivity contribution in [1.29, 1.82) is 0 Å². The summed E-state index contributed by atoms with van der Waals surface area (Å²) in [6.45, 7) is 4.34. The van der Waals surface area contributed by atoms with Crippen molar-refractivity contribution in [3.05, 3.63) is 69.7 Å². The van der Waals surface area contributed by atoms with Gasteiger partial charge in [-0.2, -0.15) is 0 Å². The number of hydrogen-bond donors (Lipinski definition) is 1. The number of benzene rings is 2. The molecule has 0 radical (unpaired) electrons. The molecule has 1 saturated heterocycles. The van der Waals surface area contributed by atoms with E-state index in [-0.39, 0.29) is 0 Å². The normalized spacial score (nSPS) is 22.7. The lowest BCUT2D eigenvalue weighted by molar-refractivity contribution is 0.404. The van der Waals surface area contributed by atoms with E-state index in [1.807, 2.05) is 0 Å². The van der Waals surface area contributed by atoms with Crippen LogP contribution in [0.1, 0.15) is 34.9 Å². The molecule has 0 aliphatic carbocycles. The molecule has 0 bridgehead atoms. The van der Waals surface area contributed by atoms with Crippen LogP contribution in [0.15, 0.2) is 53.0 Å². The summed E-state index contributed by atoms with van der Waals surface area (Å²) in [6.07, 6.45) is 1.21.